The summed E-state index contributed by atoms with van der Waals surface area (Å²) in [6, 6.07) is 17.2. The Kier molecular flexibility index (Phi) is 7.52. The molecule has 0 fully saturated rings. The molecule has 0 aliphatic heterocycles. The molecule has 5 heteroatoms. The van der Waals surface area contributed by atoms with Gasteiger partial charge < -0.3 is 14.2 Å². The third kappa shape index (κ3) is 5.14. The van der Waals surface area contributed by atoms with Crippen molar-refractivity contribution >= 4 is 11.5 Å². The molecule has 0 aromatic heterocycles. The molecule has 0 amide bonds. The fourth-order valence-corrected chi connectivity index (χ4v) is 6.43. The Morgan fingerprint density at radius 3 is 2.45 bits per heavy atom. The summed E-state index contributed by atoms with van der Waals surface area (Å²) in [6.45, 7) is 8.79. The lowest BCUT2D eigenvalue weighted by Crippen LogP contribution is -2.31. The van der Waals surface area contributed by atoms with Crippen molar-refractivity contribution in [2.24, 2.45) is 10.8 Å². The molecule has 2 aliphatic rings. The molecule has 3 aromatic rings. The van der Waals surface area contributed by atoms with Gasteiger partial charge in [-0.05, 0) is 115 Å². The van der Waals surface area contributed by atoms with Crippen molar-refractivity contribution in [2.75, 3.05) is 14.2 Å². The van der Waals surface area contributed by atoms with Crippen molar-refractivity contribution in [1.82, 2.24) is 0 Å². The van der Waals surface area contributed by atoms with E-state index in [-0.39, 0.29) is 23.1 Å². The van der Waals surface area contributed by atoms with Crippen LogP contribution >= 0.6 is 0 Å². The second-order valence-corrected chi connectivity index (χ2v) is 12.2. The van der Waals surface area contributed by atoms with Gasteiger partial charge in [0.25, 0.3) is 0 Å². The van der Waals surface area contributed by atoms with Crippen LogP contribution in [0.25, 0.3) is 16.7 Å². The molecule has 5 rings (SSSR count). The number of fused-ring (bicyclic) bond motifs is 1. The quantitative estimate of drug-likeness (QED) is 0.268. The van der Waals surface area contributed by atoms with Crippen molar-refractivity contribution in [3.05, 3.63) is 88.7 Å². The van der Waals surface area contributed by atoms with E-state index >= 15 is 4.39 Å². The summed E-state index contributed by atoms with van der Waals surface area (Å²) in [7, 11) is 3.04. The number of carbonyl (C=O) groups excluding carboxylic acids is 1. The van der Waals surface area contributed by atoms with Crippen LogP contribution in [0.2, 0.25) is 0 Å². The number of benzene rings is 3. The maximum absolute atomic E-state index is 15.1. The summed E-state index contributed by atoms with van der Waals surface area (Å²) in [6.07, 6.45) is 6.20. The highest BCUT2D eigenvalue weighted by atomic mass is 19.1. The van der Waals surface area contributed by atoms with Crippen molar-refractivity contribution in [3.8, 4) is 22.6 Å². The van der Waals surface area contributed by atoms with Gasteiger partial charge in [0.1, 0.15) is 23.9 Å². The van der Waals surface area contributed by atoms with Crippen LogP contribution in [0.3, 0.4) is 0 Å². The lowest BCUT2D eigenvalue weighted by Gasteiger charge is -2.29. The largest absolute Gasteiger partial charge is 0.497 e. The number of ether oxygens (including phenoxy) is 3. The average molecular weight is 543 g/mol. The first-order chi connectivity index (χ1) is 19.0. The summed E-state index contributed by atoms with van der Waals surface area (Å²) in [4.78, 5) is 12.5. The molecule has 0 saturated heterocycles. The van der Waals surface area contributed by atoms with E-state index in [9.17, 15) is 4.79 Å². The number of hydrogen-bond donors (Lipinski definition) is 0. The smallest absolute Gasteiger partial charge is 0.311 e. The van der Waals surface area contributed by atoms with Crippen LogP contribution in [0.4, 0.5) is 4.39 Å². The fourth-order valence-electron chi connectivity index (χ4n) is 6.43. The van der Waals surface area contributed by atoms with Gasteiger partial charge in [-0.2, -0.15) is 0 Å². The standard InChI is InChI=1S/C35H39FO4/c1-34(2)17-7-8-30(34)28-18-22(9-14-26(28)29-19-24(38-5)13-16-32(29)36)21-40-25-12-10-23-11-15-31(27(23)20-25)35(3,4)33(37)39-6/h8-10,12-14,16,18-20,31H,7,11,15,17,21H2,1-6H3/t31-/m0/s1. The summed E-state index contributed by atoms with van der Waals surface area (Å²) in [5.74, 6) is 1.01. The minimum Gasteiger partial charge on any atom is -0.497 e. The predicted octanol–water partition coefficient (Wildman–Crippen LogP) is 8.51. The lowest BCUT2D eigenvalue weighted by molar-refractivity contribution is -0.152. The van der Waals surface area contributed by atoms with E-state index in [1.165, 1.54) is 24.3 Å². The monoisotopic (exact) mass is 542 g/mol. The van der Waals surface area contributed by atoms with Gasteiger partial charge in [0.05, 0.1) is 19.6 Å². The first-order valence-electron chi connectivity index (χ1n) is 14.1. The van der Waals surface area contributed by atoms with Gasteiger partial charge in [0.15, 0.2) is 0 Å². The summed E-state index contributed by atoms with van der Waals surface area (Å²) in [5.41, 5.74) is 6.47. The van der Waals surface area contributed by atoms with E-state index in [2.05, 4.69) is 38.1 Å². The third-order valence-corrected chi connectivity index (χ3v) is 8.87. The van der Waals surface area contributed by atoms with E-state index in [4.69, 9.17) is 14.2 Å². The summed E-state index contributed by atoms with van der Waals surface area (Å²) >= 11 is 0. The van der Waals surface area contributed by atoms with Crippen LogP contribution in [0.1, 0.15) is 75.1 Å². The average Bonchev–Trinajstić information content (AvgIpc) is 3.54. The van der Waals surface area contributed by atoms with Crippen molar-refractivity contribution in [2.45, 2.75) is 65.9 Å². The van der Waals surface area contributed by atoms with Crippen LogP contribution in [-0.4, -0.2) is 20.2 Å². The van der Waals surface area contributed by atoms with Crippen molar-refractivity contribution < 1.29 is 23.4 Å². The van der Waals surface area contributed by atoms with Gasteiger partial charge in [-0.1, -0.05) is 38.1 Å². The Hall–Kier alpha value is -3.60. The molecule has 0 heterocycles. The lowest BCUT2D eigenvalue weighted by atomic mass is 9.75. The van der Waals surface area contributed by atoms with E-state index in [1.807, 2.05) is 32.0 Å². The van der Waals surface area contributed by atoms with Crippen LogP contribution in [0.5, 0.6) is 11.5 Å². The highest BCUT2D eigenvalue weighted by Gasteiger charge is 2.42. The van der Waals surface area contributed by atoms with Gasteiger partial charge in [-0.25, -0.2) is 4.39 Å². The minimum atomic E-state index is -0.611. The normalized spacial score (nSPS) is 17.8. The molecular formula is C35H39FO4. The van der Waals surface area contributed by atoms with Crippen LogP contribution < -0.4 is 9.47 Å². The van der Waals surface area contributed by atoms with Crippen molar-refractivity contribution in [1.29, 1.82) is 0 Å². The van der Waals surface area contributed by atoms with E-state index < -0.39 is 5.41 Å². The topological polar surface area (TPSA) is 44.8 Å². The first-order valence-corrected chi connectivity index (χ1v) is 14.1. The highest BCUT2D eigenvalue weighted by molar-refractivity contribution is 5.85. The zero-order chi connectivity index (χ0) is 28.7. The Morgan fingerprint density at radius 1 is 0.975 bits per heavy atom. The Labute approximate surface area is 237 Å². The number of carbonyl (C=O) groups is 1. The number of hydrogen-bond acceptors (Lipinski definition) is 4. The molecular weight excluding hydrogens is 503 g/mol. The molecule has 40 heavy (non-hydrogen) atoms. The Balaban J connectivity index is 1.45. The number of halogens is 1. The number of allylic oxidation sites excluding steroid dienone is 2. The number of methoxy groups -OCH3 is 2. The van der Waals surface area contributed by atoms with E-state index in [0.717, 1.165) is 53.7 Å². The summed E-state index contributed by atoms with van der Waals surface area (Å²) < 4.78 is 31.9. The van der Waals surface area contributed by atoms with Gasteiger partial charge in [-0.3, -0.25) is 4.79 Å². The highest BCUT2D eigenvalue weighted by Crippen LogP contribution is 2.48. The van der Waals surface area contributed by atoms with Crippen LogP contribution in [0.15, 0.2) is 60.7 Å². The molecule has 0 bridgehead atoms. The molecule has 0 saturated carbocycles. The molecule has 0 N–H and O–H groups in total. The number of aryl methyl sites for hydroxylation is 1. The first kappa shape index (κ1) is 27.9. The number of esters is 1. The Bertz CT molecular complexity index is 1470. The van der Waals surface area contributed by atoms with Gasteiger partial charge in [-0.15, -0.1) is 0 Å². The third-order valence-electron chi connectivity index (χ3n) is 8.87. The maximum atomic E-state index is 15.1. The van der Waals surface area contributed by atoms with Crippen LogP contribution in [0, 0.1) is 16.6 Å². The maximum Gasteiger partial charge on any atom is 0.311 e. The van der Waals surface area contributed by atoms with Crippen LogP contribution in [-0.2, 0) is 22.6 Å². The SMILES string of the molecule is COC(=O)C(C)(C)[C@H]1CCc2ccc(OCc3ccc(-c4cc(OC)ccc4F)c(C4=CCCC4(C)C)c3)cc21. The van der Waals surface area contributed by atoms with E-state index in [1.54, 1.807) is 19.2 Å². The van der Waals surface area contributed by atoms with E-state index in [0.29, 0.717) is 17.9 Å². The second-order valence-electron chi connectivity index (χ2n) is 12.2. The minimum absolute atomic E-state index is 0.00892. The van der Waals surface area contributed by atoms with Gasteiger partial charge in [0.2, 0.25) is 0 Å². The van der Waals surface area contributed by atoms with Gasteiger partial charge in [0, 0.05) is 11.5 Å². The molecule has 210 valence electrons. The van der Waals surface area contributed by atoms with Gasteiger partial charge >= 0.3 is 5.97 Å². The molecule has 1 atom stereocenters. The zero-order valence-corrected chi connectivity index (χ0v) is 24.4. The molecule has 0 unspecified atom stereocenters. The second kappa shape index (κ2) is 10.8. The fraction of sp³-hybridized carbons (Fsp3) is 0.400. The Morgan fingerprint density at radius 2 is 1.75 bits per heavy atom. The zero-order valence-electron chi connectivity index (χ0n) is 24.4. The predicted molar refractivity (Wildman–Crippen MR) is 157 cm³/mol. The number of rotatable bonds is 8. The molecule has 2 aliphatic carbocycles. The summed E-state index contributed by atoms with van der Waals surface area (Å²) in [5, 5.41) is 0. The molecule has 4 nitrogen and oxygen atoms in total. The molecule has 0 spiro atoms. The van der Waals surface area contributed by atoms with Crippen molar-refractivity contribution in [3.63, 3.8) is 0 Å². The molecule has 3 aromatic carbocycles. The molecule has 0 radical (unpaired) electrons.